The van der Waals surface area contributed by atoms with Crippen molar-refractivity contribution in [1.82, 2.24) is 14.7 Å². The first kappa shape index (κ1) is 18.2. The first-order valence-electron chi connectivity index (χ1n) is 10.1. The van der Waals surface area contributed by atoms with E-state index >= 15 is 0 Å². The molecule has 2 aliphatic rings. The molecule has 2 fully saturated rings. The first-order valence-corrected chi connectivity index (χ1v) is 10.1. The predicted octanol–water partition coefficient (Wildman–Crippen LogP) is 4.02. The Bertz CT molecular complexity index is 795. The maximum absolute atomic E-state index is 13.4. The highest BCUT2D eigenvalue weighted by molar-refractivity contribution is 5.93. The van der Waals surface area contributed by atoms with Gasteiger partial charge in [-0.2, -0.15) is 5.10 Å². The minimum absolute atomic E-state index is 0.0583. The smallest absolute Gasteiger partial charge is 0.272 e. The van der Waals surface area contributed by atoms with Crippen LogP contribution in [-0.4, -0.2) is 39.8 Å². The van der Waals surface area contributed by atoms with Gasteiger partial charge >= 0.3 is 0 Å². The van der Waals surface area contributed by atoms with Crippen molar-refractivity contribution in [2.45, 2.75) is 58.3 Å². The van der Waals surface area contributed by atoms with E-state index in [4.69, 9.17) is 4.74 Å². The van der Waals surface area contributed by atoms with Crippen LogP contribution in [0.25, 0.3) is 0 Å². The molecule has 0 radical (unpaired) electrons. The Kier molecular flexibility index (Phi) is 5.04. The molecule has 1 amide bonds. The van der Waals surface area contributed by atoms with Gasteiger partial charge in [0.1, 0.15) is 11.8 Å². The lowest BCUT2D eigenvalue weighted by Gasteiger charge is -2.38. The van der Waals surface area contributed by atoms with Gasteiger partial charge in [-0.15, -0.1) is 0 Å². The molecular formula is C22H29N3O2. The third-order valence-electron chi connectivity index (χ3n) is 5.64. The fraction of sp³-hybridized carbons (Fsp3) is 0.545. The number of benzene rings is 1. The predicted molar refractivity (Wildman–Crippen MR) is 105 cm³/mol. The van der Waals surface area contributed by atoms with E-state index in [-0.39, 0.29) is 18.1 Å². The lowest BCUT2D eigenvalue weighted by Crippen LogP contribution is -2.48. The second-order valence-corrected chi connectivity index (χ2v) is 8.05. The van der Waals surface area contributed by atoms with Crippen molar-refractivity contribution >= 4 is 5.91 Å². The number of aromatic nitrogens is 2. The number of carbonyl (C=O) groups is 1. The highest BCUT2D eigenvalue weighted by atomic mass is 16.5. The summed E-state index contributed by atoms with van der Waals surface area (Å²) < 4.78 is 8.24. The average molecular weight is 367 g/mol. The third kappa shape index (κ3) is 3.79. The SMILES string of the molecule is CCn1nc(C(C)C)cc1C(=O)N1C[C@@H](c2ccccc2)O[C@@H](C2CC2)C1. The highest BCUT2D eigenvalue weighted by Crippen LogP contribution is 2.39. The van der Waals surface area contributed by atoms with Crippen LogP contribution in [0.15, 0.2) is 36.4 Å². The molecule has 1 aliphatic heterocycles. The molecule has 2 heterocycles. The zero-order valence-electron chi connectivity index (χ0n) is 16.5. The van der Waals surface area contributed by atoms with Gasteiger partial charge in [0.25, 0.3) is 5.91 Å². The van der Waals surface area contributed by atoms with E-state index in [0.717, 1.165) is 11.3 Å². The molecular weight excluding hydrogens is 338 g/mol. The molecule has 1 saturated heterocycles. The molecule has 2 aromatic rings. The lowest BCUT2D eigenvalue weighted by atomic mass is 10.0. The van der Waals surface area contributed by atoms with Crippen molar-refractivity contribution in [3.05, 3.63) is 53.3 Å². The number of hydrogen-bond acceptors (Lipinski definition) is 3. The van der Waals surface area contributed by atoms with E-state index < -0.39 is 0 Å². The zero-order chi connectivity index (χ0) is 19.0. The average Bonchev–Trinajstić information content (AvgIpc) is 3.46. The van der Waals surface area contributed by atoms with Crippen LogP contribution in [0, 0.1) is 5.92 Å². The Morgan fingerprint density at radius 3 is 2.59 bits per heavy atom. The molecule has 5 heteroatoms. The molecule has 0 bridgehead atoms. The van der Waals surface area contributed by atoms with Crippen LogP contribution in [0.4, 0.5) is 0 Å². The van der Waals surface area contributed by atoms with Crippen LogP contribution in [-0.2, 0) is 11.3 Å². The highest BCUT2D eigenvalue weighted by Gasteiger charge is 2.40. The number of carbonyl (C=O) groups excluding carboxylic acids is 1. The number of amides is 1. The Balaban J connectivity index is 1.60. The van der Waals surface area contributed by atoms with Crippen molar-refractivity contribution in [1.29, 1.82) is 0 Å². The normalized spacial score (nSPS) is 23.0. The minimum Gasteiger partial charge on any atom is -0.366 e. The molecule has 1 aromatic carbocycles. The number of nitrogens with zero attached hydrogens (tertiary/aromatic N) is 3. The quantitative estimate of drug-likeness (QED) is 0.802. The van der Waals surface area contributed by atoms with E-state index in [1.807, 2.05) is 40.8 Å². The molecule has 27 heavy (non-hydrogen) atoms. The van der Waals surface area contributed by atoms with Gasteiger partial charge in [-0.05, 0) is 43.2 Å². The molecule has 1 aromatic heterocycles. The van der Waals surface area contributed by atoms with Gasteiger partial charge in [-0.3, -0.25) is 9.48 Å². The van der Waals surface area contributed by atoms with Gasteiger partial charge in [-0.25, -0.2) is 0 Å². The zero-order valence-corrected chi connectivity index (χ0v) is 16.5. The van der Waals surface area contributed by atoms with E-state index in [2.05, 4.69) is 31.1 Å². The van der Waals surface area contributed by atoms with Crippen molar-refractivity contribution in [3.8, 4) is 0 Å². The van der Waals surface area contributed by atoms with Crippen LogP contribution >= 0.6 is 0 Å². The van der Waals surface area contributed by atoms with Crippen LogP contribution in [0.2, 0.25) is 0 Å². The van der Waals surface area contributed by atoms with Crippen LogP contribution in [0.1, 0.15) is 67.4 Å². The van der Waals surface area contributed by atoms with Crippen LogP contribution in [0.3, 0.4) is 0 Å². The summed E-state index contributed by atoms with van der Waals surface area (Å²) in [5.74, 6) is 0.977. The second-order valence-electron chi connectivity index (χ2n) is 8.05. The molecule has 1 saturated carbocycles. The maximum atomic E-state index is 13.4. The molecule has 4 rings (SSSR count). The molecule has 2 atom stereocenters. The first-order chi connectivity index (χ1) is 13.1. The third-order valence-corrected chi connectivity index (χ3v) is 5.64. The Labute approximate surface area is 161 Å². The molecule has 1 aliphatic carbocycles. The van der Waals surface area contributed by atoms with Crippen molar-refractivity contribution in [2.24, 2.45) is 5.92 Å². The maximum Gasteiger partial charge on any atom is 0.272 e. The van der Waals surface area contributed by atoms with Gasteiger partial charge in [-0.1, -0.05) is 44.2 Å². The fourth-order valence-corrected chi connectivity index (χ4v) is 3.83. The number of ether oxygens (including phenoxy) is 1. The van der Waals surface area contributed by atoms with Crippen LogP contribution < -0.4 is 0 Å². The summed E-state index contributed by atoms with van der Waals surface area (Å²) in [5.41, 5.74) is 2.82. The molecule has 0 N–H and O–H groups in total. The summed E-state index contributed by atoms with van der Waals surface area (Å²) in [4.78, 5) is 15.4. The Morgan fingerprint density at radius 1 is 1.22 bits per heavy atom. The van der Waals surface area contributed by atoms with Gasteiger partial charge in [0.15, 0.2) is 0 Å². The van der Waals surface area contributed by atoms with E-state index in [0.29, 0.717) is 37.2 Å². The summed E-state index contributed by atoms with van der Waals surface area (Å²) in [6, 6.07) is 12.2. The minimum atomic E-state index is -0.0583. The van der Waals surface area contributed by atoms with E-state index in [1.165, 1.54) is 12.8 Å². The molecule has 0 spiro atoms. The molecule has 0 unspecified atom stereocenters. The lowest BCUT2D eigenvalue weighted by molar-refractivity contribution is -0.0865. The summed E-state index contributed by atoms with van der Waals surface area (Å²) >= 11 is 0. The topological polar surface area (TPSA) is 47.4 Å². The van der Waals surface area contributed by atoms with Gasteiger partial charge in [0.05, 0.1) is 18.3 Å². The summed E-state index contributed by atoms with van der Waals surface area (Å²) in [6.45, 7) is 8.23. The van der Waals surface area contributed by atoms with Crippen molar-refractivity contribution in [2.75, 3.05) is 13.1 Å². The van der Waals surface area contributed by atoms with E-state index in [1.54, 1.807) is 0 Å². The van der Waals surface area contributed by atoms with Crippen molar-refractivity contribution in [3.63, 3.8) is 0 Å². The fourth-order valence-electron chi connectivity index (χ4n) is 3.83. The summed E-state index contributed by atoms with van der Waals surface area (Å²) in [5, 5.41) is 4.63. The van der Waals surface area contributed by atoms with Gasteiger partial charge in [0.2, 0.25) is 0 Å². The summed E-state index contributed by atoms with van der Waals surface area (Å²) in [6.07, 6.45) is 2.49. The monoisotopic (exact) mass is 367 g/mol. The van der Waals surface area contributed by atoms with Gasteiger partial charge < -0.3 is 9.64 Å². The second kappa shape index (κ2) is 7.47. The number of rotatable bonds is 5. The van der Waals surface area contributed by atoms with E-state index in [9.17, 15) is 4.79 Å². The summed E-state index contributed by atoms with van der Waals surface area (Å²) in [7, 11) is 0. The van der Waals surface area contributed by atoms with Crippen molar-refractivity contribution < 1.29 is 9.53 Å². The Hall–Kier alpha value is -2.14. The molecule has 5 nitrogen and oxygen atoms in total. The van der Waals surface area contributed by atoms with Gasteiger partial charge in [0, 0.05) is 13.1 Å². The van der Waals surface area contributed by atoms with Crippen LogP contribution in [0.5, 0.6) is 0 Å². The standard InChI is InChI=1S/C22H29N3O2/c1-4-25-19(12-18(23-25)15(2)3)22(26)24-13-20(16-8-6-5-7-9-16)27-21(14-24)17-10-11-17/h5-9,12,15,17,20-21H,4,10-11,13-14H2,1-3H3/t20-,21+/m0/s1. The Morgan fingerprint density at radius 2 is 1.96 bits per heavy atom. The number of morpholine rings is 1. The largest absolute Gasteiger partial charge is 0.366 e. The number of hydrogen-bond donors (Lipinski definition) is 0. The molecule has 144 valence electrons. The number of aryl methyl sites for hydroxylation is 1.